The lowest BCUT2D eigenvalue weighted by Crippen LogP contribution is -2.05. The highest BCUT2D eigenvalue weighted by atomic mass is 31.2. The van der Waals surface area contributed by atoms with Crippen LogP contribution in [0.25, 0.3) is 10.6 Å². The third-order valence-corrected chi connectivity index (χ3v) is 7.87. The molecule has 27 heavy (non-hydrogen) atoms. The van der Waals surface area contributed by atoms with E-state index in [-0.39, 0.29) is 5.78 Å². The number of carbonyl (C=O) groups is 1. The second-order valence-electron chi connectivity index (χ2n) is 6.58. The van der Waals surface area contributed by atoms with Crippen molar-refractivity contribution in [3.63, 3.8) is 0 Å². The number of carbonyl (C=O) groups excluding carboxylic acids is 1. The molecule has 1 heterocycles. The van der Waals surface area contributed by atoms with Crippen LogP contribution in [0.3, 0.4) is 0 Å². The van der Waals surface area contributed by atoms with Gasteiger partial charge in [0, 0.05) is 16.8 Å². The molecule has 0 bridgehead atoms. The molecule has 0 radical (unpaired) electrons. The van der Waals surface area contributed by atoms with Crippen LogP contribution in [0, 0.1) is 0 Å². The molecule has 2 nitrogen and oxygen atoms in total. The predicted molar refractivity (Wildman–Crippen MR) is 112 cm³/mol. The SMILES string of the molecule is O=C1C=C(c2ccccc2)P(=O)(Cc2ccccc2)C(c2ccccc2)=C1. The van der Waals surface area contributed by atoms with Gasteiger partial charge in [0.05, 0.1) is 0 Å². The maximum Gasteiger partial charge on any atom is 0.180 e. The van der Waals surface area contributed by atoms with Crippen molar-refractivity contribution < 1.29 is 9.36 Å². The lowest BCUT2D eigenvalue weighted by atomic mass is 10.1. The molecule has 3 aromatic carbocycles. The lowest BCUT2D eigenvalue weighted by Gasteiger charge is -2.27. The van der Waals surface area contributed by atoms with E-state index in [4.69, 9.17) is 0 Å². The lowest BCUT2D eigenvalue weighted by molar-refractivity contribution is -0.110. The summed E-state index contributed by atoms with van der Waals surface area (Å²) in [6, 6.07) is 29.0. The zero-order valence-corrected chi connectivity index (χ0v) is 15.7. The van der Waals surface area contributed by atoms with Gasteiger partial charge >= 0.3 is 0 Å². The van der Waals surface area contributed by atoms with Crippen molar-refractivity contribution in [3.05, 3.63) is 120 Å². The molecule has 0 saturated heterocycles. The number of rotatable bonds is 4. The van der Waals surface area contributed by atoms with Gasteiger partial charge in [0.25, 0.3) is 0 Å². The fraction of sp³-hybridized carbons (Fsp3) is 0.0417. The normalized spacial score (nSPS) is 15.8. The zero-order chi connectivity index (χ0) is 18.7. The van der Waals surface area contributed by atoms with Crippen LogP contribution in [0.4, 0.5) is 0 Å². The Morgan fingerprint density at radius 3 is 1.44 bits per heavy atom. The Morgan fingerprint density at radius 1 is 0.593 bits per heavy atom. The average molecular weight is 370 g/mol. The molecule has 3 heteroatoms. The van der Waals surface area contributed by atoms with Gasteiger partial charge in [-0.25, -0.2) is 0 Å². The topological polar surface area (TPSA) is 34.1 Å². The van der Waals surface area contributed by atoms with Crippen molar-refractivity contribution in [2.45, 2.75) is 6.16 Å². The van der Waals surface area contributed by atoms with E-state index < -0.39 is 7.14 Å². The van der Waals surface area contributed by atoms with Gasteiger partial charge in [-0.2, -0.15) is 0 Å². The molecule has 132 valence electrons. The Bertz CT molecular complexity index is 1000. The molecule has 0 aromatic heterocycles. The summed E-state index contributed by atoms with van der Waals surface area (Å²) in [4.78, 5) is 12.5. The molecule has 0 saturated carbocycles. The van der Waals surface area contributed by atoms with Crippen molar-refractivity contribution in [3.8, 4) is 0 Å². The summed E-state index contributed by atoms with van der Waals surface area (Å²) in [7, 11) is -3.04. The summed E-state index contributed by atoms with van der Waals surface area (Å²) in [6.07, 6.45) is 3.49. The van der Waals surface area contributed by atoms with Gasteiger partial charge in [0.1, 0.15) is 7.14 Å². The Labute approximate surface area is 159 Å². The van der Waals surface area contributed by atoms with Crippen LogP contribution in [0.2, 0.25) is 0 Å². The summed E-state index contributed by atoms with van der Waals surface area (Å²) in [5, 5.41) is 1.27. The van der Waals surface area contributed by atoms with E-state index in [1.54, 1.807) is 12.2 Å². The highest BCUT2D eigenvalue weighted by molar-refractivity contribution is 7.83. The molecule has 0 unspecified atom stereocenters. The van der Waals surface area contributed by atoms with Crippen LogP contribution in [0.15, 0.2) is 103 Å². The van der Waals surface area contributed by atoms with Crippen molar-refractivity contribution in [1.29, 1.82) is 0 Å². The summed E-state index contributed by atoms with van der Waals surface area (Å²) >= 11 is 0. The fourth-order valence-corrected chi connectivity index (χ4v) is 6.59. The standard InChI is InChI=1S/C24H19O2P/c25-22-16-23(20-12-6-2-7-13-20)27(26,18-19-10-4-1-5-11-19)24(17-22)21-14-8-3-9-15-21/h1-17H,18H2. The molecule has 1 aliphatic rings. The number of hydrogen-bond acceptors (Lipinski definition) is 2. The molecule has 0 amide bonds. The highest BCUT2D eigenvalue weighted by Crippen LogP contribution is 2.71. The van der Waals surface area contributed by atoms with Crippen molar-refractivity contribution in [2.24, 2.45) is 0 Å². The monoisotopic (exact) mass is 370 g/mol. The molecule has 0 fully saturated rings. The number of benzene rings is 3. The van der Waals surface area contributed by atoms with Gasteiger partial charge < -0.3 is 4.57 Å². The van der Waals surface area contributed by atoms with E-state index in [0.29, 0.717) is 16.8 Å². The highest BCUT2D eigenvalue weighted by Gasteiger charge is 2.37. The van der Waals surface area contributed by atoms with Crippen LogP contribution in [-0.2, 0) is 15.5 Å². The molecule has 4 rings (SSSR count). The first kappa shape index (κ1) is 17.5. The molecule has 1 aliphatic heterocycles. The quantitative estimate of drug-likeness (QED) is 0.511. The van der Waals surface area contributed by atoms with Gasteiger partial charge in [0.2, 0.25) is 0 Å². The molecular weight excluding hydrogens is 351 g/mol. The summed E-state index contributed by atoms with van der Waals surface area (Å²) in [5.74, 6) is -0.118. The molecule has 0 N–H and O–H groups in total. The van der Waals surface area contributed by atoms with Gasteiger partial charge in [-0.3, -0.25) is 4.79 Å². The van der Waals surface area contributed by atoms with Crippen molar-refractivity contribution in [2.75, 3.05) is 0 Å². The van der Waals surface area contributed by atoms with Crippen LogP contribution in [0.1, 0.15) is 16.7 Å². The second-order valence-corrected chi connectivity index (χ2v) is 9.34. The van der Waals surface area contributed by atoms with Crippen LogP contribution < -0.4 is 0 Å². The average Bonchev–Trinajstić information content (AvgIpc) is 2.71. The van der Waals surface area contributed by atoms with E-state index in [1.165, 1.54) is 0 Å². The smallest absolute Gasteiger partial charge is 0.180 e. The van der Waals surface area contributed by atoms with Crippen LogP contribution >= 0.6 is 7.14 Å². The zero-order valence-electron chi connectivity index (χ0n) is 14.8. The Morgan fingerprint density at radius 2 is 1.00 bits per heavy atom. The van der Waals surface area contributed by atoms with E-state index in [2.05, 4.69) is 0 Å². The molecule has 0 aliphatic carbocycles. The molecule has 3 aromatic rings. The minimum absolute atomic E-state index is 0.118. The van der Waals surface area contributed by atoms with Gasteiger partial charge in [-0.1, -0.05) is 91.0 Å². The van der Waals surface area contributed by atoms with Crippen LogP contribution in [0.5, 0.6) is 0 Å². The number of allylic oxidation sites excluding steroid dienone is 2. The maximum atomic E-state index is 14.5. The summed E-state index contributed by atoms with van der Waals surface area (Å²) < 4.78 is 14.5. The summed E-state index contributed by atoms with van der Waals surface area (Å²) in [5.41, 5.74) is 2.68. The molecular formula is C24H19O2P. The fourth-order valence-electron chi connectivity index (χ4n) is 3.46. The maximum absolute atomic E-state index is 14.5. The van der Waals surface area contributed by atoms with E-state index in [0.717, 1.165) is 16.7 Å². The van der Waals surface area contributed by atoms with E-state index in [9.17, 15) is 9.36 Å². The summed E-state index contributed by atoms with van der Waals surface area (Å²) in [6.45, 7) is 0. The van der Waals surface area contributed by atoms with E-state index >= 15 is 0 Å². The number of hydrogen-bond donors (Lipinski definition) is 0. The predicted octanol–water partition coefficient (Wildman–Crippen LogP) is 6.21. The minimum Gasteiger partial charge on any atom is -0.313 e. The molecule has 0 atom stereocenters. The van der Waals surface area contributed by atoms with Crippen molar-refractivity contribution in [1.82, 2.24) is 0 Å². The van der Waals surface area contributed by atoms with Gasteiger partial charge in [0.15, 0.2) is 5.78 Å². The first-order chi connectivity index (χ1) is 13.2. The number of ketones is 1. The Kier molecular flexibility index (Phi) is 4.75. The largest absolute Gasteiger partial charge is 0.313 e. The molecule has 0 spiro atoms. The van der Waals surface area contributed by atoms with E-state index in [1.807, 2.05) is 91.0 Å². The third kappa shape index (κ3) is 3.49. The first-order valence-electron chi connectivity index (χ1n) is 8.89. The second kappa shape index (κ2) is 7.34. The van der Waals surface area contributed by atoms with Crippen LogP contribution in [-0.4, -0.2) is 5.78 Å². The Balaban J connectivity index is 1.90. The van der Waals surface area contributed by atoms with Gasteiger partial charge in [-0.15, -0.1) is 0 Å². The van der Waals surface area contributed by atoms with Crippen molar-refractivity contribution >= 4 is 23.6 Å². The first-order valence-corrected chi connectivity index (χ1v) is 10.8. The Hall–Kier alpha value is -2.96. The van der Waals surface area contributed by atoms with Gasteiger partial charge in [-0.05, 0) is 28.8 Å². The third-order valence-electron chi connectivity index (χ3n) is 4.72. The minimum atomic E-state index is -3.04.